The number of thioether (sulfide) groups is 1. The molecule has 0 fully saturated rings. The molecule has 2 aromatic rings. The van der Waals surface area contributed by atoms with E-state index in [9.17, 15) is 4.79 Å². The first-order chi connectivity index (χ1) is 9.54. The third-order valence-corrected chi connectivity index (χ3v) is 3.49. The number of hydrogen-bond acceptors (Lipinski definition) is 6. The molecule has 0 bridgehead atoms. The molecular weight excluding hydrogens is 304 g/mol. The molecule has 1 heterocycles. The molecule has 0 atom stereocenters. The Kier molecular flexibility index (Phi) is 4.86. The Morgan fingerprint density at radius 3 is 3.00 bits per heavy atom. The summed E-state index contributed by atoms with van der Waals surface area (Å²) in [6.07, 6.45) is 0. The van der Waals surface area contributed by atoms with Crippen LogP contribution in [0.5, 0.6) is 5.75 Å². The fraction of sp³-hybridized carbons (Fsp3) is 0.250. The zero-order valence-electron chi connectivity index (χ0n) is 10.5. The summed E-state index contributed by atoms with van der Waals surface area (Å²) in [5, 5.41) is 16.9. The number of ether oxygens (including phenoxy) is 1. The number of rotatable bonds is 6. The summed E-state index contributed by atoms with van der Waals surface area (Å²) in [5.41, 5.74) is 0.910. The molecule has 20 heavy (non-hydrogen) atoms. The molecule has 6 nitrogen and oxygen atoms in total. The Hall–Kier alpha value is -1.73. The van der Waals surface area contributed by atoms with E-state index in [0.29, 0.717) is 10.8 Å². The van der Waals surface area contributed by atoms with Crippen LogP contribution in [0.25, 0.3) is 0 Å². The smallest absolute Gasteiger partial charge is 0.314 e. The minimum absolute atomic E-state index is 0.113. The number of carboxylic acids is 1. The number of hydrogen-bond donors (Lipinski definition) is 1. The molecule has 1 aromatic heterocycles. The predicted octanol–water partition coefficient (Wildman–Crippen LogP) is 2.79. The van der Waals surface area contributed by atoms with Gasteiger partial charge in [0, 0.05) is 5.02 Å². The van der Waals surface area contributed by atoms with Crippen molar-refractivity contribution in [3.8, 4) is 5.75 Å². The molecule has 0 aliphatic heterocycles. The van der Waals surface area contributed by atoms with E-state index in [1.807, 2.05) is 6.92 Å². The van der Waals surface area contributed by atoms with Gasteiger partial charge in [-0.05, 0) is 30.7 Å². The Labute approximate surface area is 124 Å². The van der Waals surface area contributed by atoms with Crippen LogP contribution in [0.3, 0.4) is 0 Å². The van der Waals surface area contributed by atoms with Gasteiger partial charge >= 0.3 is 5.97 Å². The maximum atomic E-state index is 10.4. The molecule has 0 amide bonds. The van der Waals surface area contributed by atoms with E-state index in [1.54, 1.807) is 18.2 Å². The van der Waals surface area contributed by atoms with E-state index in [1.165, 1.54) is 0 Å². The minimum atomic E-state index is -0.942. The molecule has 0 unspecified atom stereocenters. The highest BCUT2D eigenvalue weighted by Gasteiger charge is 2.09. The van der Waals surface area contributed by atoms with Gasteiger partial charge < -0.3 is 14.3 Å². The number of aromatic nitrogens is 2. The molecule has 1 N–H and O–H groups in total. The predicted molar refractivity (Wildman–Crippen MR) is 73.2 cm³/mol. The van der Waals surface area contributed by atoms with Gasteiger partial charge in [-0.2, -0.15) is 0 Å². The summed E-state index contributed by atoms with van der Waals surface area (Å²) in [6, 6.07) is 5.29. The summed E-state index contributed by atoms with van der Waals surface area (Å²) >= 11 is 6.88. The van der Waals surface area contributed by atoms with Crippen LogP contribution in [0.2, 0.25) is 5.02 Å². The van der Waals surface area contributed by atoms with Crippen molar-refractivity contribution in [2.24, 2.45) is 0 Å². The van der Waals surface area contributed by atoms with Gasteiger partial charge in [0.05, 0.1) is 0 Å². The first-order valence-corrected chi connectivity index (χ1v) is 6.97. The summed E-state index contributed by atoms with van der Waals surface area (Å²) in [7, 11) is 0. The molecule has 0 radical (unpaired) electrons. The van der Waals surface area contributed by atoms with Crippen LogP contribution in [0.4, 0.5) is 0 Å². The molecular formula is C12H11ClN2O4S. The molecule has 0 saturated heterocycles. The summed E-state index contributed by atoms with van der Waals surface area (Å²) in [4.78, 5) is 10.4. The Morgan fingerprint density at radius 1 is 1.50 bits per heavy atom. The molecule has 8 heteroatoms. The number of aliphatic carboxylic acids is 1. The van der Waals surface area contributed by atoms with Crippen molar-refractivity contribution in [2.75, 3.05) is 5.75 Å². The van der Waals surface area contributed by atoms with Gasteiger partial charge in [-0.15, -0.1) is 10.2 Å². The van der Waals surface area contributed by atoms with Crippen LogP contribution in [0.15, 0.2) is 27.8 Å². The maximum absolute atomic E-state index is 10.4. The summed E-state index contributed by atoms with van der Waals surface area (Å²) < 4.78 is 10.7. The first-order valence-electron chi connectivity index (χ1n) is 5.60. The Balaban J connectivity index is 1.90. The number of halogens is 1. The third-order valence-electron chi connectivity index (χ3n) is 2.26. The summed E-state index contributed by atoms with van der Waals surface area (Å²) in [6.45, 7) is 1.99. The van der Waals surface area contributed by atoms with Crippen molar-refractivity contribution < 1.29 is 19.1 Å². The molecule has 2 rings (SSSR count). The second-order valence-corrected chi connectivity index (χ2v) is 5.18. The molecule has 0 aliphatic rings. The average Bonchev–Trinajstić information content (AvgIpc) is 2.86. The zero-order valence-corrected chi connectivity index (χ0v) is 12.1. The number of benzene rings is 1. The van der Waals surface area contributed by atoms with Crippen LogP contribution in [-0.4, -0.2) is 27.0 Å². The van der Waals surface area contributed by atoms with Crippen LogP contribution in [-0.2, 0) is 11.4 Å². The monoisotopic (exact) mass is 314 g/mol. The van der Waals surface area contributed by atoms with Gasteiger partial charge in [0.1, 0.15) is 11.5 Å². The van der Waals surface area contributed by atoms with E-state index in [0.717, 1.165) is 17.3 Å². The lowest BCUT2D eigenvalue weighted by atomic mass is 10.2. The van der Waals surface area contributed by atoms with Crippen LogP contribution in [0.1, 0.15) is 11.5 Å². The van der Waals surface area contributed by atoms with Gasteiger partial charge in [-0.1, -0.05) is 23.4 Å². The van der Waals surface area contributed by atoms with E-state index in [4.69, 9.17) is 25.9 Å². The van der Waals surface area contributed by atoms with Crippen molar-refractivity contribution in [3.05, 3.63) is 34.7 Å². The van der Waals surface area contributed by atoms with E-state index in [2.05, 4.69) is 10.2 Å². The minimum Gasteiger partial charge on any atom is -0.484 e. The molecule has 0 saturated carbocycles. The fourth-order valence-electron chi connectivity index (χ4n) is 1.33. The largest absolute Gasteiger partial charge is 0.484 e. The Bertz CT molecular complexity index is 617. The van der Waals surface area contributed by atoms with Gasteiger partial charge in [0.2, 0.25) is 0 Å². The highest BCUT2D eigenvalue weighted by molar-refractivity contribution is 7.99. The lowest BCUT2D eigenvalue weighted by Crippen LogP contribution is -1.97. The Morgan fingerprint density at radius 2 is 2.30 bits per heavy atom. The van der Waals surface area contributed by atoms with Gasteiger partial charge in [0.15, 0.2) is 6.61 Å². The number of carboxylic acid groups (broad SMARTS) is 1. The average molecular weight is 315 g/mol. The normalized spacial score (nSPS) is 10.5. The second-order valence-electron chi connectivity index (χ2n) is 3.84. The lowest BCUT2D eigenvalue weighted by molar-refractivity contribution is -0.133. The fourth-order valence-corrected chi connectivity index (χ4v) is 1.95. The van der Waals surface area contributed by atoms with Crippen molar-refractivity contribution in [1.29, 1.82) is 0 Å². The molecule has 0 aliphatic carbocycles. The highest BCUT2D eigenvalue weighted by atomic mass is 35.5. The maximum Gasteiger partial charge on any atom is 0.314 e. The number of nitrogens with zero attached hydrogens (tertiary/aromatic N) is 2. The van der Waals surface area contributed by atoms with Gasteiger partial charge in [-0.25, -0.2) is 0 Å². The van der Waals surface area contributed by atoms with Gasteiger partial charge in [-0.3, -0.25) is 4.79 Å². The third kappa shape index (κ3) is 4.14. The quantitative estimate of drug-likeness (QED) is 0.820. The molecule has 106 valence electrons. The van der Waals surface area contributed by atoms with Crippen molar-refractivity contribution in [3.63, 3.8) is 0 Å². The van der Waals surface area contributed by atoms with Crippen LogP contribution in [0, 0.1) is 6.92 Å². The van der Waals surface area contributed by atoms with E-state index in [-0.39, 0.29) is 23.5 Å². The zero-order chi connectivity index (χ0) is 14.5. The molecule has 1 aromatic carbocycles. The van der Waals surface area contributed by atoms with E-state index < -0.39 is 5.97 Å². The topological polar surface area (TPSA) is 85.5 Å². The van der Waals surface area contributed by atoms with Crippen LogP contribution < -0.4 is 4.74 Å². The van der Waals surface area contributed by atoms with Gasteiger partial charge in [0.25, 0.3) is 11.1 Å². The van der Waals surface area contributed by atoms with Crippen molar-refractivity contribution in [2.45, 2.75) is 18.8 Å². The van der Waals surface area contributed by atoms with Crippen molar-refractivity contribution in [1.82, 2.24) is 10.2 Å². The lowest BCUT2D eigenvalue weighted by Gasteiger charge is -2.05. The molecule has 0 spiro atoms. The highest BCUT2D eigenvalue weighted by Crippen LogP contribution is 2.22. The first kappa shape index (κ1) is 14.7. The van der Waals surface area contributed by atoms with E-state index >= 15 is 0 Å². The number of carbonyl (C=O) groups is 1. The van der Waals surface area contributed by atoms with Crippen LogP contribution >= 0.6 is 23.4 Å². The SMILES string of the molecule is Cc1cc(OCc2nnc(SCC(=O)O)o2)ccc1Cl. The standard InChI is InChI=1S/C12H11ClN2O4S/c1-7-4-8(2-3-9(7)13)18-5-10-14-15-12(19-10)20-6-11(16)17/h2-4H,5-6H2,1H3,(H,16,17). The number of aryl methyl sites for hydroxylation is 1. The summed E-state index contributed by atoms with van der Waals surface area (Å²) in [5.74, 6) is -0.142. The second kappa shape index (κ2) is 6.62. The van der Waals surface area contributed by atoms with Crippen molar-refractivity contribution >= 4 is 29.3 Å².